The largest absolute Gasteiger partial charge is 0.453 e. The fourth-order valence-electron chi connectivity index (χ4n) is 7.91. The summed E-state index contributed by atoms with van der Waals surface area (Å²) in [5, 5.41) is 5.39. The number of imidazole rings is 2. The van der Waals surface area contributed by atoms with E-state index >= 15 is 0 Å². The van der Waals surface area contributed by atoms with Crippen molar-refractivity contribution in [1.29, 1.82) is 0 Å². The molecule has 2 aliphatic rings. The lowest BCUT2D eigenvalue weighted by atomic mass is 10.1. The van der Waals surface area contributed by atoms with E-state index in [4.69, 9.17) is 14.5 Å². The molecule has 4 amide bonds. The molecule has 5 heterocycles. The third-order valence-corrected chi connectivity index (χ3v) is 11.0. The first-order chi connectivity index (χ1) is 29.3. The second-order valence-electron chi connectivity index (χ2n) is 14.6. The molecule has 4 N–H and O–H groups in total. The SMILES string of the molecule is COC(=O)N[C@@H](C(=O)N1CCC[C@@H]1c1ncc(-c2ccc(-c3cnc(-c4cnc([C@H]5CCCN5C(=O)[C@H](NC(=O)OC)c5ccccc5)[nH]4)cn3)cc2)[nH]1)c1ccccc1. The Morgan fingerprint density at radius 1 is 0.583 bits per heavy atom. The van der Waals surface area contributed by atoms with Crippen molar-refractivity contribution in [2.75, 3.05) is 27.3 Å². The average Bonchev–Trinajstić information content (AvgIpc) is 4.15. The number of nitrogens with one attached hydrogen (secondary N) is 4. The zero-order valence-corrected chi connectivity index (χ0v) is 33.1. The Labute approximate surface area is 345 Å². The monoisotopic (exact) mass is 808 g/mol. The number of aromatic amines is 2. The molecule has 0 spiro atoms. The van der Waals surface area contributed by atoms with Gasteiger partial charge < -0.3 is 39.9 Å². The first-order valence-corrected chi connectivity index (χ1v) is 19.7. The van der Waals surface area contributed by atoms with Crippen LogP contribution in [0.2, 0.25) is 0 Å². The van der Waals surface area contributed by atoms with E-state index < -0.39 is 24.3 Å². The van der Waals surface area contributed by atoms with Crippen LogP contribution in [0, 0.1) is 0 Å². The van der Waals surface area contributed by atoms with Crippen molar-refractivity contribution in [1.82, 2.24) is 50.3 Å². The Kier molecular flexibility index (Phi) is 11.6. The highest BCUT2D eigenvalue weighted by molar-refractivity contribution is 5.88. The fraction of sp³-hybridized carbons (Fsp3) is 0.273. The number of alkyl carbamates (subject to hydrolysis) is 2. The van der Waals surface area contributed by atoms with Crippen molar-refractivity contribution >= 4 is 24.0 Å². The van der Waals surface area contributed by atoms with Crippen molar-refractivity contribution in [3.63, 3.8) is 0 Å². The number of hydrogen-bond acceptors (Lipinski definition) is 10. The molecule has 2 fully saturated rings. The van der Waals surface area contributed by atoms with E-state index in [0.717, 1.165) is 36.1 Å². The summed E-state index contributed by atoms with van der Waals surface area (Å²) in [5.41, 5.74) is 5.85. The smallest absolute Gasteiger partial charge is 0.407 e. The van der Waals surface area contributed by atoms with Gasteiger partial charge in [0, 0.05) is 18.7 Å². The molecular weight excluding hydrogens is 765 g/mol. The number of nitrogens with zero attached hydrogens (tertiary/aromatic N) is 6. The summed E-state index contributed by atoms with van der Waals surface area (Å²) in [6, 6.07) is 23.7. The average molecular weight is 809 g/mol. The molecule has 0 bridgehead atoms. The number of carbonyl (C=O) groups excluding carboxylic acids is 4. The molecular formula is C44H44N10O6. The molecule has 2 aliphatic heterocycles. The standard InChI is InChI=1S/C44H44N10O6/c1-59-43(57)51-37(29-11-5-3-6-12-29)41(55)53-21-9-15-35(53)39-47-24-32(49-39)28-19-17-27(18-20-28)31-23-46-33(25-45-31)34-26-48-40(50-34)36-16-10-22-54(36)42(56)38(52-44(58)60-2)30-13-7-4-8-14-30/h3-8,11-14,17-20,23-26,35-38H,9-10,15-16,21-22H2,1-2H3,(H,47,49)(H,48,50)(H,51,57)(H,52,58)/t35-,36-,37-,38-/m1/s1. The maximum atomic E-state index is 13.9. The minimum atomic E-state index is -0.906. The number of H-pyrrole nitrogens is 2. The minimum absolute atomic E-state index is 0.229. The summed E-state index contributed by atoms with van der Waals surface area (Å²) in [4.78, 5) is 81.1. The van der Waals surface area contributed by atoms with Gasteiger partial charge in [-0.2, -0.15) is 0 Å². The number of amides is 4. The van der Waals surface area contributed by atoms with Gasteiger partial charge in [0.1, 0.15) is 29.4 Å². The Bertz CT molecular complexity index is 2270. The Balaban J connectivity index is 0.928. The van der Waals surface area contributed by atoms with Crippen molar-refractivity contribution in [2.24, 2.45) is 0 Å². The van der Waals surface area contributed by atoms with Gasteiger partial charge in [0.15, 0.2) is 0 Å². The van der Waals surface area contributed by atoms with Crippen molar-refractivity contribution in [2.45, 2.75) is 49.9 Å². The van der Waals surface area contributed by atoms with Crippen molar-refractivity contribution in [3.8, 4) is 33.9 Å². The molecule has 0 unspecified atom stereocenters. The molecule has 16 heteroatoms. The summed E-state index contributed by atoms with van der Waals surface area (Å²) in [5.74, 6) is 0.828. The van der Waals surface area contributed by atoms with Gasteiger partial charge in [-0.15, -0.1) is 0 Å². The third-order valence-electron chi connectivity index (χ3n) is 11.0. The molecule has 0 radical (unpaired) electrons. The van der Waals surface area contributed by atoms with Crippen LogP contribution < -0.4 is 10.6 Å². The van der Waals surface area contributed by atoms with Gasteiger partial charge in [0.05, 0.1) is 68.2 Å². The van der Waals surface area contributed by atoms with Crippen LogP contribution in [-0.2, 0) is 19.1 Å². The predicted octanol–water partition coefficient (Wildman–Crippen LogP) is 6.45. The Hall–Kier alpha value is -7.36. The molecule has 4 atom stereocenters. The van der Waals surface area contributed by atoms with Gasteiger partial charge in [-0.3, -0.25) is 19.6 Å². The zero-order valence-electron chi connectivity index (χ0n) is 33.1. The van der Waals surface area contributed by atoms with E-state index in [0.29, 0.717) is 59.4 Å². The third kappa shape index (κ3) is 8.30. The summed E-state index contributed by atoms with van der Waals surface area (Å²) in [7, 11) is 2.54. The summed E-state index contributed by atoms with van der Waals surface area (Å²) < 4.78 is 9.63. The molecule has 6 aromatic rings. The van der Waals surface area contributed by atoms with Crippen LogP contribution in [0.3, 0.4) is 0 Å². The van der Waals surface area contributed by atoms with Gasteiger partial charge in [-0.25, -0.2) is 19.6 Å². The lowest BCUT2D eigenvalue weighted by molar-refractivity contribution is -0.135. The summed E-state index contributed by atoms with van der Waals surface area (Å²) >= 11 is 0. The van der Waals surface area contributed by atoms with E-state index in [1.807, 2.05) is 60.7 Å². The first-order valence-electron chi connectivity index (χ1n) is 19.7. The lowest BCUT2D eigenvalue weighted by Crippen LogP contribution is -2.42. The molecule has 8 rings (SSSR count). The van der Waals surface area contributed by atoms with Crippen LogP contribution in [0.15, 0.2) is 110 Å². The van der Waals surface area contributed by atoms with Crippen LogP contribution in [0.5, 0.6) is 0 Å². The highest BCUT2D eigenvalue weighted by atomic mass is 16.5. The van der Waals surface area contributed by atoms with Crippen LogP contribution in [0.25, 0.3) is 33.9 Å². The quantitative estimate of drug-likeness (QED) is 0.113. The number of likely N-dealkylation sites (tertiary alicyclic amines) is 2. The predicted molar refractivity (Wildman–Crippen MR) is 219 cm³/mol. The van der Waals surface area contributed by atoms with E-state index in [1.165, 1.54) is 14.2 Å². The molecule has 306 valence electrons. The number of carbonyl (C=O) groups is 4. The Morgan fingerprint density at radius 3 is 1.52 bits per heavy atom. The topological polar surface area (TPSA) is 200 Å². The second kappa shape index (κ2) is 17.6. The first kappa shape index (κ1) is 39.5. The van der Waals surface area contributed by atoms with E-state index in [2.05, 4.69) is 35.6 Å². The molecule has 3 aromatic carbocycles. The number of hydrogen-bond donors (Lipinski definition) is 4. The molecule has 0 aliphatic carbocycles. The van der Waals surface area contributed by atoms with E-state index in [9.17, 15) is 19.2 Å². The van der Waals surface area contributed by atoms with Gasteiger partial charge >= 0.3 is 12.2 Å². The number of rotatable bonds is 11. The maximum absolute atomic E-state index is 13.9. The highest BCUT2D eigenvalue weighted by Gasteiger charge is 2.38. The van der Waals surface area contributed by atoms with E-state index in [-0.39, 0.29) is 23.9 Å². The van der Waals surface area contributed by atoms with Gasteiger partial charge in [-0.1, -0.05) is 84.9 Å². The van der Waals surface area contributed by atoms with Gasteiger partial charge in [0.2, 0.25) is 0 Å². The number of ether oxygens (including phenoxy) is 2. The number of benzene rings is 3. The lowest BCUT2D eigenvalue weighted by Gasteiger charge is -2.28. The van der Waals surface area contributed by atoms with Gasteiger partial charge in [-0.05, 0) is 42.4 Å². The highest BCUT2D eigenvalue weighted by Crippen LogP contribution is 2.36. The zero-order chi connectivity index (χ0) is 41.6. The minimum Gasteiger partial charge on any atom is -0.453 e. The second-order valence-corrected chi connectivity index (χ2v) is 14.6. The van der Waals surface area contributed by atoms with Crippen molar-refractivity contribution < 1.29 is 28.7 Å². The van der Waals surface area contributed by atoms with Crippen LogP contribution >= 0.6 is 0 Å². The van der Waals surface area contributed by atoms with Crippen LogP contribution in [0.4, 0.5) is 9.59 Å². The van der Waals surface area contributed by atoms with Crippen LogP contribution in [0.1, 0.15) is 72.6 Å². The molecule has 2 saturated heterocycles. The molecule has 3 aromatic heterocycles. The summed E-state index contributed by atoms with van der Waals surface area (Å²) in [6.07, 6.45) is 8.51. The van der Waals surface area contributed by atoms with Crippen LogP contribution in [-0.4, -0.2) is 91.0 Å². The number of aromatic nitrogens is 6. The normalized spacial score (nSPS) is 17.2. The molecule has 16 nitrogen and oxygen atoms in total. The summed E-state index contributed by atoms with van der Waals surface area (Å²) in [6.45, 7) is 1.06. The maximum Gasteiger partial charge on any atom is 0.407 e. The van der Waals surface area contributed by atoms with Gasteiger partial charge in [0.25, 0.3) is 11.8 Å². The number of methoxy groups -OCH3 is 2. The molecule has 0 saturated carbocycles. The molecule has 60 heavy (non-hydrogen) atoms. The van der Waals surface area contributed by atoms with Crippen molar-refractivity contribution in [3.05, 3.63) is 132 Å². The fourth-order valence-corrected chi connectivity index (χ4v) is 7.91. The Morgan fingerprint density at radius 2 is 1.03 bits per heavy atom. The van der Waals surface area contributed by atoms with E-state index in [1.54, 1.807) is 58.9 Å².